The molecule has 0 saturated carbocycles. The summed E-state index contributed by atoms with van der Waals surface area (Å²) in [6.07, 6.45) is 0. The topological polar surface area (TPSA) is 103 Å². The van der Waals surface area contributed by atoms with E-state index in [1.807, 2.05) is 0 Å². The molecule has 0 aromatic heterocycles. The fourth-order valence-electron chi connectivity index (χ4n) is 1.45. The van der Waals surface area contributed by atoms with E-state index in [2.05, 4.69) is 0 Å². The van der Waals surface area contributed by atoms with Gasteiger partial charge in [-0.25, -0.2) is 13.6 Å². The number of nitro benzene ring substituents is 1. The SMILES string of the molecule is Cc1ccc([N+](=O)[O-])c(C)c1S(N)(=O)=O. The molecule has 1 aromatic carbocycles. The van der Waals surface area contributed by atoms with E-state index >= 15 is 0 Å². The number of primary sulfonamides is 1. The highest BCUT2D eigenvalue weighted by Gasteiger charge is 2.22. The Morgan fingerprint density at radius 2 is 1.87 bits per heavy atom. The zero-order valence-electron chi connectivity index (χ0n) is 8.22. The van der Waals surface area contributed by atoms with Crippen LogP contribution in [0.25, 0.3) is 0 Å². The smallest absolute Gasteiger partial charge is 0.258 e. The van der Waals surface area contributed by atoms with Crippen LogP contribution in [0.5, 0.6) is 0 Å². The van der Waals surface area contributed by atoms with Crippen LogP contribution in [0.3, 0.4) is 0 Å². The highest BCUT2D eigenvalue weighted by atomic mass is 32.2. The number of nitrogens with zero attached hydrogens (tertiary/aromatic N) is 1. The predicted octanol–water partition coefficient (Wildman–Crippen LogP) is 0.859. The average Bonchev–Trinajstić information content (AvgIpc) is 2.00. The second kappa shape index (κ2) is 3.59. The van der Waals surface area contributed by atoms with Crippen LogP contribution in [0, 0.1) is 24.0 Å². The Morgan fingerprint density at radius 3 is 2.27 bits per heavy atom. The molecule has 0 bridgehead atoms. The molecule has 0 aliphatic carbocycles. The Balaban J connectivity index is 3.66. The van der Waals surface area contributed by atoms with E-state index in [-0.39, 0.29) is 16.1 Å². The summed E-state index contributed by atoms with van der Waals surface area (Å²) in [5.74, 6) is 0. The summed E-state index contributed by atoms with van der Waals surface area (Å²) in [6, 6.07) is 2.63. The summed E-state index contributed by atoms with van der Waals surface area (Å²) in [5, 5.41) is 15.6. The van der Waals surface area contributed by atoms with Gasteiger partial charge in [0.1, 0.15) is 0 Å². The number of hydrogen-bond donors (Lipinski definition) is 1. The molecule has 15 heavy (non-hydrogen) atoms. The summed E-state index contributed by atoms with van der Waals surface area (Å²) >= 11 is 0. The van der Waals surface area contributed by atoms with Crippen LogP contribution < -0.4 is 5.14 Å². The number of benzene rings is 1. The maximum Gasteiger partial charge on any atom is 0.273 e. The van der Waals surface area contributed by atoms with Crippen LogP contribution >= 0.6 is 0 Å². The number of hydrogen-bond acceptors (Lipinski definition) is 4. The first-order valence-corrected chi connectivity index (χ1v) is 5.57. The van der Waals surface area contributed by atoms with Crippen molar-refractivity contribution >= 4 is 15.7 Å². The Morgan fingerprint density at radius 1 is 1.33 bits per heavy atom. The highest BCUT2D eigenvalue weighted by Crippen LogP contribution is 2.26. The maximum absolute atomic E-state index is 11.2. The van der Waals surface area contributed by atoms with Crippen molar-refractivity contribution in [3.05, 3.63) is 33.4 Å². The van der Waals surface area contributed by atoms with Gasteiger partial charge in [0.05, 0.1) is 9.82 Å². The number of nitro groups is 1. The Kier molecular flexibility index (Phi) is 2.78. The van der Waals surface area contributed by atoms with E-state index < -0.39 is 14.9 Å². The van der Waals surface area contributed by atoms with Crippen LogP contribution in [0.15, 0.2) is 17.0 Å². The van der Waals surface area contributed by atoms with Crippen LogP contribution in [-0.4, -0.2) is 13.3 Å². The molecule has 82 valence electrons. The van der Waals surface area contributed by atoms with Crippen molar-refractivity contribution in [2.45, 2.75) is 18.7 Å². The van der Waals surface area contributed by atoms with Gasteiger partial charge in [0.2, 0.25) is 10.0 Å². The molecular formula is C8H10N2O4S. The van der Waals surface area contributed by atoms with Crippen molar-refractivity contribution in [2.24, 2.45) is 5.14 Å². The standard InChI is InChI=1S/C8H10N2O4S/c1-5-3-4-7(10(11)12)6(2)8(5)15(9,13)14/h3-4H,1-2H3,(H2,9,13,14). The average molecular weight is 230 g/mol. The fourth-order valence-corrected chi connectivity index (χ4v) is 2.50. The summed E-state index contributed by atoms with van der Waals surface area (Å²) < 4.78 is 22.4. The minimum Gasteiger partial charge on any atom is -0.258 e. The van der Waals surface area contributed by atoms with Crippen molar-refractivity contribution in [2.75, 3.05) is 0 Å². The van der Waals surface area contributed by atoms with Gasteiger partial charge < -0.3 is 0 Å². The number of sulfonamides is 1. The lowest BCUT2D eigenvalue weighted by Gasteiger charge is -2.07. The van der Waals surface area contributed by atoms with Gasteiger partial charge in [-0.2, -0.15) is 0 Å². The van der Waals surface area contributed by atoms with E-state index in [4.69, 9.17) is 5.14 Å². The molecule has 0 spiro atoms. The van der Waals surface area contributed by atoms with E-state index in [0.717, 1.165) is 0 Å². The van der Waals surface area contributed by atoms with Gasteiger partial charge in [-0.15, -0.1) is 0 Å². The predicted molar refractivity (Wildman–Crippen MR) is 53.9 cm³/mol. The minimum absolute atomic E-state index is 0.0718. The Bertz CT molecular complexity index is 522. The van der Waals surface area contributed by atoms with Crippen LogP contribution in [-0.2, 0) is 10.0 Å². The molecule has 0 atom stereocenters. The van der Waals surface area contributed by atoms with Crippen LogP contribution in [0.2, 0.25) is 0 Å². The molecule has 0 fully saturated rings. The molecule has 0 saturated heterocycles. The molecule has 0 heterocycles. The van der Waals surface area contributed by atoms with Crippen molar-refractivity contribution in [3.8, 4) is 0 Å². The zero-order chi connectivity index (χ0) is 11.8. The molecule has 0 aliphatic rings. The van der Waals surface area contributed by atoms with Crippen LogP contribution in [0.4, 0.5) is 5.69 Å². The quantitative estimate of drug-likeness (QED) is 0.601. The van der Waals surface area contributed by atoms with Gasteiger partial charge in [-0.05, 0) is 19.4 Å². The van der Waals surface area contributed by atoms with Crippen molar-refractivity contribution < 1.29 is 13.3 Å². The summed E-state index contributed by atoms with van der Waals surface area (Å²) in [6.45, 7) is 2.90. The first-order valence-electron chi connectivity index (χ1n) is 4.02. The third-order valence-corrected chi connectivity index (χ3v) is 3.25. The maximum atomic E-state index is 11.2. The number of nitrogens with two attached hydrogens (primary N) is 1. The van der Waals surface area contributed by atoms with E-state index in [0.29, 0.717) is 5.56 Å². The molecule has 1 aromatic rings. The van der Waals surface area contributed by atoms with Crippen molar-refractivity contribution in [1.82, 2.24) is 0 Å². The first kappa shape index (κ1) is 11.6. The van der Waals surface area contributed by atoms with Crippen molar-refractivity contribution in [1.29, 1.82) is 0 Å². The van der Waals surface area contributed by atoms with Gasteiger partial charge >= 0.3 is 0 Å². The second-order valence-corrected chi connectivity index (χ2v) is 4.66. The molecule has 0 radical (unpaired) electrons. The highest BCUT2D eigenvalue weighted by molar-refractivity contribution is 7.89. The van der Waals surface area contributed by atoms with E-state index in [1.54, 1.807) is 0 Å². The van der Waals surface area contributed by atoms with Gasteiger partial charge in [-0.3, -0.25) is 10.1 Å². The lowest BCUT2D eigenvalue weighted by molar-refractivity contribution is -0.385. The minimum atomic E-state index is -3.92. The van der Waals surface area contributed by atoms with E-state index in [9.17, 15) is 18.5 Å². The molecule has 2 N–H and O–H groups in total. The van der Waals surface area contributed by atoms with Crippen LogP contribution in [0.1, 0.15) is 11.1 Å². The third-order valence-electron chi connectivity index (χ3n) is 2.06. The normalized spacial score (nSPS) is 11.4. The summed E-state index contributed by atoms with van der Waals surface area (Å²) in [7, 11) is -3.92. The fraction of sp³-hybridized carbons (Fsp3) is 0.250. The number of aryl methyl sites for hydroxylation is 1. The zero-order valence-corrected chi connectivity index (χ0v) is 9.04. The van der Waals surface area contributed by atoms with Gasteiger partial charge in [0.15, 0.2) is 0 Å². The second-order valence-electron chi connectivity index (χ2n) is 3.16. The van der Waals surface area contributed by atoms with Gasteiger partial charge in [-0.1, -0.05) is 6.07 Å². The van der Waals surface area contributed by atoms with Crippen molar-refractivity contribution in [3.63, 3.8) is 0 Å². The molecule has 0 aliphatic heterocycles. The summed E-state index contributed by atoms with van der Waals surface area (Å²) in [5.41, 5.74) is 0.229. The molecule has 7 heteroatoms. The molecule has 1 rings (SSSR count). The lowest BCUT2D eigenvalue weighted by atomic mass is 10.1. The lowest BCUT2D eigenvalue weighted by Crippen LogP contribution is -2.16. The Labute approximate surface area is 86.9 Å². The molecule has 6 nitrogen and oxygen atoms in total. The number of rotatable bonds is 2. The molecule has 0 unspecified atom stereocenters. The monoisotopic (exact) mass is 230 g/mol. The largest absolute Gasteiger partial charge is 0.273 e. The van der Waals surface area contributed by atoms with Gasteiger partial charge in [0, 0.05) is 11.6 Å². The Hall–Kier alpha value is -1.47. The third kappa shape index (κ3) is 2.13. The van der Waals surface area contributed by atoms with Gasteiger partial charge in [0.25, 0.3) is 5.69 Å². The summed E-state index contributed by atoms with van der Waals surface area (Å²) in [4.78, 5) is 9.78. The molecule has 0 amide bonds. The first-order chi connectivity index (χ1) is 6.75. The van der Waals surface area contributed by atoms with E-state index in [1.165, 1.54) is 26.0 Å². The molecular weight excluding hydrogens is 220 g/mol.